The van der Waals surface area contributed by atoms with Crippen molar-refractivity contribution in [2.24, 2.45) is 0 Å². The molecule has 35 heavy (non-hydrogen) atoms. The summed E-state index contributed by atoms with van der Waals surface area (Å²) in [4.78, 5) is 14.6. The number of halogens is 2. The lowest BCUT2D eigenvalue weighted by molar-refractivity contribution is 0.252. The summed E-state index contributed by atoms with van der Waals surface area (Å²) in [6.45, 7) is 7.99. The number of urea groups is 1. The van der Waals surface area contributed by atoms with Gasteiger partial charge in [-0.2, -0.15) is 0 Å². The van der Waals surface area contributed by atoms with Crippen LogP contribution in [0, 0.1) is 11.6 Å². The number of anilines is 2. The van der Waals surface area contributed by atoms with Crippen molar-refractivity contribution in [3.05, 3.63) is 94.6 Å². The lowest BCUT2D eigenvalue weighted by Gasteiger charge is -2.43. The Morgan fingerprint density at radius 2 is 1.34 bits per heavy atom. The fraction of sp³-hybridized carbons (Fsp3) is 0.345. The third kappa shape index (κ3) is 4.88. The quantitative estimate of drug-likeness (QED) is 0.424. The highest BCUT2D eigenvalue weighted by Crippen LogP contribution is 2.50. The van der Waals surface area contributed by atoms with Gasteiger partial charge in [-0.25, -0.2) is 13.6 Å². The van der Waals surface area contributed by atoms with Crippen LogP contribution in [0.1, 0.15) is 67.7 Å². The summed E-state index contributed by atoms with van der Waals surface area (Å²) in [6, 6.07) is 17.4. The number of carbonyl (C=O) groups excluding carboxylic acids is 1. The predicted octanol–water partition coefficient (Wildman–Crippen LogP) is 7.01. The van der Waals surface area contributed by atoms with Crippen molar-refractivity contribution in [2.45, 2.75) is 45.4 Å². The standard InChI is InChI=1S/C27H27F2N3O.C2H6/c1-2-30-27(33)31-17-15-22-18(20-7-3-5-9-24(20)28)11-13-32-14-12-19(23(16-17)26(22)32)21-8-4-6-10-25(21)29;1-2/h3-10,15-16,18-19H,2,11-14H2,1H3,(H2,30,31,33);1-2H3. The zero-order valence-electron chi connectivity index (χ0n) is 20.6. The summed E-state index contributed by atoms with van der Waals surface area (Å²) in [7, 11) is 0. The Kier molecular flexibility index (Phi) is 7.69. The lowest BCUT2D eigenvalue weighted by atomic mass is 9.76. The number of hydrogen-bond donors (Lipinski definition) is 2. The summed E-state index contributed by atoms with van der Waals surface area (Å²) in [5.41, 5.74) is 4.97. The number of amides is 2. The molecule has 0 bridgehead atoms. The van der Waals surface area contributed by atoms with Gasteiger partial charge < -0.3 is 15.5 Å². The fourth-order valence-electron chi connectivity index (χ4n) is 5.36. The molecule has 0 spiro atoms. The van der Waals surface area contributed by atoms with Crippen molar-refractivity contribution < 1.29 is 13.6 Å². The highest BCUT2D eigenvalue weighted by atomic mass is 19.1. The van der Waals surface area contributed by atoms with Gasteiger partial charge in [0.25, 0.3) is 0 Å². The smallest absolute Gasteiger partial charge is 0.319 e. The molecule has 0 fully saturated rings. The van der Waals surface area contributed by atoms with E-state index in [0.717, 1.165) is 42.7 Å². The second kappa shape index (κ2) is 10.9. The molecular weight excluding hydrogens is 444 g/mol. The molecule has 3 aromatic carbocycles. The van der Waals surface area contributed by atoms with E-state index >= 15 is 0 Å². The Bertz CT molecular complexity index is 1120. The SMILES string of the molecule is CC.CCNC(=O)Nc1cc2c3c(c1)C(c1ccccc1F)CCN3CCC2c1ccccc1F. The number of hydrogen-bond acceptors (Lipinski definition) is 2. The van der Waals surface area contributed by atoms with E-state index in [2.05, 4.69) is 15.5 Å². The van der Waals surface area contributed by atoms with Gasteiger partial charge in [-0.1, -0.05) is 50.2 Å². The molecule has 0 aliphatic carbocycles. The molecule has 5 rings (SSSR count). The Balaban J connectivity index is 0.00000141. The Morgan fingerprint density at radius 3 is 1.80 bits per heavy atom. The van der Waals surface area contributed by atoms with Crippen molar-refractivity contribution in [3.63, 3.8) is 0 Å². The molecule has 0 aromatic heterocycles. The minimum absolute atomic E-state index is 0.133. The van der Waals surface area contributed by atoms with Crippen LogP contribution >= 0.6 is 0 Å². The molecule has 2 aliphatic rings. The van der Waals surface area contributed by atoms with Gasteiger partial charge in [-0.05, 0) is 66.3 Å². The van der Waals surface area contributed by atoms with Crippen LogP contribution in [0.3, 0.4) is 0 Å². The summed E-state index contributed by atoms with van der Waals surface area (Å²) in [5, 5.41) is 5.68. The molecule has 2 unspecified atom stereocenters. The molecule has 2 atom stereocenters. The minimum Gasteiger partial charge on any atom is -0.371 e. The molecule has 0 saturated carbocycles. The second-order valence-electron chi connectivity index (χ2n) is 8.70. The van der Waals surface area contributed by atoms with Gasteiger partial charge in [0, 0.05) is 42.8 Å². The summed E-state index contributed by atoms with van der Waals surface area (Å²) >= 11 is 0. The van der Waals surface area contributed by atoms with E-state index in [1.165, 1.54) is 12.1 Å². The normalized spacial score (nSPS) is 18.1. The first kappa shape index (κ1) is 24.7. The van der Waals surface area contributed by atoms with Gasteiger partial charge >= 0.3 is 6.03 Å². The number of benzene rings is 3. The molecule has 4 nitrogen and oxygen atoms in total. The lowest BCUT2D eigenvalue weighted by Crippen LogP contribution is -2.38. The molecule has 2 amide bonds. The number of nitrogens with zero attached hydrogens (tertiary/aromatic N) is 1. The zero-order chi connectivity index (χ0) is 24.9. The Labute approximate surface area is 206 Å². The number of rotatable bonds is 4. The van der Waals surface area contributed by atoms with Gasteiger partial charge in [-0.15, -0.1) is 0 Å². The van der Waals surface area contributed by atoms with Crippen LogP contribution < -0.4 is 15.5 Å². The Morgan fingerprint density at radius 1 is 0.857 bits per heavy atom. The highest BCUT2D eigenvalue weighted by Gasteiger charge is 2.36. The molecule has 3 aromatic rings. The van der Waals surface area contributed by atoms with Crippen molar-refractivity contribution in [1.82, 2.24) is 5.32 Å². The van der Waals surface area contributed by atoms with Crippen LogP contribution in [0.4, 0.5) is 25.0 Å². The zero-order valence-corrected chi connectivity index (χ0v) is 20.6. The monoisotopic (exact) mass is 477 g/mol. The average Bonchev–Trinajstić information content (AvgIpc) is 2.87. The van der Waals surface area contributed by atoms with Crippen LogP contribution in [-0.4, -0.2) is 25.7 Å². The fourth-order valence-corrected chi connectivity index (χ4v) is 5.36. The highest BCUT2D eigenvalue weighted by molar-refractivity contribution is 5.90. The summed E-state index contributed by atoms with van der Waals surface area (Å²) in [5.74, 6) is -0.723. The van der Waals surface area contributed by atoms with Crippen LogP contribution in [0.2, 0.25) is 0 Å². The molecule has 2 N–H and O–H groups in total. The van der Waals surface area contributed by atoms with Crippen molar-refractivity contribution in [1.29, 1.82) is 0 Å². The van der Waals surface area contributed by atoms with Crippen molar-refractivity contribution in [2.75, 3.05) is 29.9 Å². The molecule has 0 radical (unpaired) electrons. The third-order valence-electron chi connectivity index (χ3n) is 6.77. The van der Waals surface area contributed by atoms with Gasteiger partial charge in [0.2, 0.25) is 0 Å². The topological polar surface area (TPSA) is 44.4 Å². The number of carbonyl (C=O) groups is 1. The third-order valence-corrected chi connectivity index (χ3v) is 6.77. The van der Waals surface area contributed by atoms with E-state index in [4.69, 9.17) is 0 Å². The molecule has 0 saturated heterocycles. The van der Waals surface area contributed by atoms with Gasteiger partial charge in [-0.3, -0.25) is 0 Å². The Hall–Kier alpha value is -3.41. The first-order chi connectivity index (χ1) is 17.1. The number of nitrogens with one attached hydrogen (secondary N) is 2. The largest absolute Gasteiger partial charge is 0.371 e. The first-order valence-electron chi connectivity index (χ1n) is 12.5. The maximum atomic E-state index is 14.8. The molecule has 6 heteroatoms. The van der Waals surface area contributed by atoms with E-state index in [1.54, 1.807) is 12.1 Å². The van der Waals surface area contributed by atoms with E-state index in [-0.39, 0.29) is 29.5 Å². The summed E-state index contributed by atoms with van der Waals surface area (Å²) in [6.07, 6.45) is 1.56. The predicted molar refractivity (Wildman–Crippen MR) is 138 cm³/mol. The molecule has 2 aliphatic heterocycles. The maximum absolute atomic E-state index is 14.8. The van der Waals surface area contributed by atoms with Crippen molar-refractivity contribution in [3.8, 4) is 0 Å². The molecule has 184 valence electrons. The minimum atomic E-state index is -0.294. The van der Waals surface area contributed by atoms with Crippen molar-refractivity contribution >= 4 is 17.4 Å². The summed E-state index contributed by atoms with van der Waals surface area (Å²) < 4.78 is 29.6. The van der Waals surface area contributed by atoms with Crippen LogP contribution in [0.25, 0.3) is 0 Å². The van der Waals surface area contributed by atoms with E-state index in [1.807, 2.05) is 57.2 Å². The second-order valence-corrected chi connectivity index (χ2v) is 8.70. The molecular formula is C29H33F2N3O. The van der Waals surface area contributed by atoms with Crippen LogP contribution in [0.5, 0.6) is 0 Å². The van der Waals surface area contributed by atoms with E-state index in [0.29, 0.717) is 23.4 Å². The van der Waals surface area contributed by atoms with E-state index < -0.39 is 0 Å². The first-order valence-corrected chi connectivity index (χ1v) is 12.5. The average molecular weight is 478 g/mol. The van der Waals surface area contributed by atoms with Crippen LogP contribution in [0.15, 0.2) is 60.7 Å². The maximum Gasteiger partial charge on any atom is 0.319 e. The van der Waals surface area contributed by atoms with Gasteiger partial charge in [0.15, 0.2) is 0 Å². The molecule has 2 heterocycles. The van der Waals surface area contributed by atoms with Gasteiger partial charge in [0.05, 0.1) is 0 Å². The van der Waals surface area contributed by atoms with E-state index in [9.17, 15) is 13.6 Å². The van der Waals surface area contributed by atoms with Gasteiger partial charge in [0.1, 0.15) is 11.6 Å². The van der Waals surface area contributed by atoms with Crippen LogP contribution in [-0.2, 0) is 0 Å².